The summed E-state index contributed by atoms with van der Waals surface area (Å²) in [6.45, 7) is 3.05. The highest BCUT2D eigenvalue weighted by atomic mass is 19.1. The lowest BCUT2D eigenvalue weighted by molar-refractivity contribution is -0.191. The third kappa shape index (κ3) is 3.87. The first-order valence-corrected chi connectivity index (χ1v) is 8.52. The fourth-order valence-electron chi connectivity index (χ4n) is 3.35. The summed E-state index contributed by atoms with van der Waals surface area (Å²) in [5.41, 5.74) is 0.175. The Hall–Kier alpha value is -1.66. The second kappa shape index (κ2) is 7.07. The maximum absolute atomic E-state index is 13.7. The zero-order chi connectivity index (χ0) is 17.2. The van der Waals surface area contributed by atoms with E-state index in [0.717, 1.165) is 25.7 Å². The summed E-state index contributed by atoms with van der Waals surface area (Å²) in [4.78, 5) is 12.0. The van der Waals surface area contributed by atoms with Crippen molar-refractivity contribution >= 4 is 5.91 Å². The van der Waals surface area contributed by atoms with Gasteiger partial charge in [-0.15, -0.1) is 0 Å². The third-order valence-corrected chi connectivity index (χ3v) is 4.89. The molecule has 0 radical (unpaired) electrons. The average molecular weight is 337 g/mol. The molecular formula is C18H24FNO4. The molecule has 132 valence electrons. The topological polar surface area (TPSA) is 67.8 Å². The Morgan fingerprint density at radius 2 is 2.17 bits per heavy atom. The smallest absolute Gasteiger partial charge is 0.224 e. The molecule has 5 nitrogen and oxygen atoms in total. The Bertz CT molecular complexity index is 599. The van der Waals surface area contributed by atoms with Gasteiger partial charge in [0.2, 0.25) is 5.91 Å². The van der Waals surface area contributed by atoms with Crippen LogP contribution in [0.4, 0.5) is 4.39 Å². The SMILES string of the molecule is CC1CCC2(CC1)OCC(CNC(=O)Cc1cccc(O)c1F)O2. The average Bonchev–Trinajstić information content (AvgIpc) is 2.96. The van der Waals surface area contributed by atoms with Gasteiger partial charge in [-0.25, -0.2) is 4.39 Å². The highest BCUT2D eigenvalue weighted by molar-refractivity contribution is 5.78. The summed E-state index contributed by atoms with van der Waals surface area (Å²) in [5.74, 6) is -1.26. The number of halogens is 1. The van der Waals surface area contributed by atoms with Crippen LogP contribution < -0.4 is 5.32 Å². The van der Waals surface area contributed by atoms with Gasteiger partial charge in [0.1, 0.15) is 6.10 Å². The number of hydrogen-bond donors (Lipinski definition) is 2. The van der Waals surface area contributed by atoms with Crippen molar-refractivity contribution in [1.82, 2.24) is 5.32 Å². The number of nitrogens with one attached hydrogen (secondary N) is 1. The number of rotatable bonds is 4. The van der Waals surface area contributed by atoms with E-state index in [0.29, 0.717) is 19.1 Å². The van der Waals surface area contributed by atoms with Crippen LogP contribution in [0, 0.1) is 11.7 Å². The van der Waals surface area contributed by atoms with Crippen LogP contribution in [-0.4, -0.2) is 36.1 Å². The van der Waals surface area contributed by atoms with Gasteiger partial charge in [0.15, 0.2) is 17.4 Å². The van der Waals surface area contributed by atoms with E-state index < -0.39 is 17.4 Å². The molecule has 1 aromatic rings. The van der Waals surface area contributed by atoms with Crippen LogP contribution in [-0.2, 0) is 20.7 Å². The molecule has 1 saturated carbocycles. The maximum Gasteiger partial charge on any atom is 0.224 e. The van der Waals surface area contributed by atoms with E-state index in [9.17, 15) is 14.3 Å². The molecule has 1 saturated heterocycles. The van der Waals surface area contributed by atoms with Crippen LogP contribution in [0.3, 0.4) is 0 Å². The summed E-state index contributed by atoms with van der Waals surface area (Å²) in [5, 5.41) is 12.1. The molecule has 1 spiro atoms. The number of ether oxygens (including phenoxy) is 2. The molecule has 2 fully saturated rings. The molecule has 1 aliphatic heterocycles. The van der Waals surface area contributed by atoms with Gasteiger partial charge >= 0.3 is 0 Å². The Balaban J connectivity index is 1.46. The third-order valence-electron chi connectivity index (χ3n) is 4.89. The summed E-state index contributed by atoms with van der Waals surface area (Å²) in [6.07, 6.45) is 3.69. The second-order valence-electron chi connectivity index (χ2n) is 6.88. The minimum Gasteiger partial charge on any atom is -0.505 e. The van der Waals surface area contributed by atoms with E-state index in [1.54, 1.807) is 0 Å². The lowest BCUT2D eigenvalue weighted by Crippen LogP contribution is -2.38. The number of benzene rings is 1. The lowest BCUT2D eigenvalue weighted by Gasteiger charge is -2.34. The normalized spacial score (nSPS) is 29.8. The van der Waals surface area contributed by atoms with Crippen LogP contribution in [0.1, 0.15) is 38.2 Å². The maximum atomic E-state index is 13.7. The number of aromatic hydroxyl groups is 1. The van der Waals surface area contributed by atoms with E-state index in [4.69, 9.17) is 9.47 Å². The Labute approximate surface area is 141 Å². The van der Waals surface area contributed by atoms with Crippen molar-refractivity contribution in [3.63, 3.8) is 0 Å². The van der Waals surface area contributed by atoms with Crippen LogP contribution in [0.5, 0.6) is 5.75 Å². The van der Waals surface area contributed by atoms with Crippen LogP contribution >= 0.6 is 0 Å². The van der Waals surface area contributed by atoms with E-state index in [1.807, 2.05) is 0 Å². The first-order valence-electron chi connectivity index (χ1n) is 8.52. The van der Waals surface area contributed by atoms with E-state index in [-0.39, 0.29) is 24.0 Å². The summed E-state index contributed by atoms with van der Waals surface area (Å²) in [7, 11) is 0. The molecule has 0 bridgehead atoms. The molecule has 1 atom stereocenters. The molecular weight excluding hydrogens is 313 g/mol. The first kappa shape index (κ1) is 17.2. The minimum atomic E-state index is -0.747. The molecule has 1 heterocycles. The van der Waals surface area contributed by atoms with Gasteiger partial charge in [0, 0.05) is 24.9 Å². The number of carbonyl (C=O) groups excluding carboxylic acids is 1. The molecule has 24 heavy (non-hydrogen) atoms. The number of amides is 1. The molecule has 1 amide bonds. The van der Waals surface area contributed by atoms with Crippen molar-refractivity contribution in [3.05, 3.63) is 29.6 Å². The van der Waals surface area contributed by atoms with Crippen LogP contribution in [0.2, 0.25) is 0 Å². The van der Waals surface area contributed by atoms with Crippen molar-refractivity contribution in [2.45, 2.75) is 50.9 Å². The molecule has 6 heteroatoms. The van der Waals surface area contributed by atoms with Gasteiger partial charge in [-0.1, -0.05) is 19.1 Å². The van der Waals surface area contributed by atoms with Gasteiger partial charge in [-0.05, 0) is 24.8 Å². The Morgan fingerprint density at radius 3 is 2.92 bits per heavy atom. The predicted octanol–water partition coefficient (Wildman–Crippen LogP) is 2.51. The fourth-order valence-corrected chi connectivity index (χ4v) is 3.35. The summed E-state index contributed by atoms with van der Waals surface area (Å²) >= 11 is 0. The molecule has 1 aromatic carbocycles. The number of carbonyl (C=O) groups is 1. The zero-order valence-corrected chi connectivity index (χ0v) is 13.9. The monoisotopic (exact) mass is 337 g/mol. The summed E-state index contributed by atoms with van der Waals surface area (Å²) in [6, 6.07) is 4.26. The Kier molecular flexibility index (Phi) is 5.06. The minimum absolute atomic E-state index is 0.115. The largest absolute Gasteiger partial charge is 0.505 e. The number of phenolic OH excluding ortho intramolecular Hbond substituents is 1. The van der Waals surface area contributed by atoms with Crippen LogP contribution in [0.25, 0.3) is 0 Å². The second-order valence-corrected chi connectivity index (χ2v) is 6.88. The highest BCUT2D eigenvalue weighted by Gasteiger charge is 2.43. The molecule has 3 rings (SSSR count). The van der Waals surface area contributed by atoms with Gasteiger partial charge in [0.25, 0.3) is 0 Å². The standard InChI is InChI=1S/C18H24FNO4/c1-12-5-7-18(8-6-12)23-11-14(24-18)10-20-16(22)9-13-3-2-4-15(21)17(13)19/h2-4,12,14,21H,5-11H2,1H3,(H,20,22). The van der Waals surface area contributed by atoms with Crippen molar-refractivity contribution in [1.29, 1.82) is 0 Å². The highest BCUT2D eigenvalue weighted by Crippen LogP contribution is 2.39. The van der Waals surface area contributed by atoms with Crippen molar-refractivity contribution in [2.75, 3.05) is 13.2 Å². The molecule has 1 aliphatic carbocycles. The molecule has 0 aromatic heterocycles. The first-order chi connectivity index (χ1) is 11.5. The van der Waals surface area contributed by atoms with Gasteiger partial charge in [-0.3, -0.25) is 4.79 Å². The van der Waals surface area contributed by atoms with Crippen molar-refractivity contribution in [3.8, 4) is 5.75 Å². The predicted molar refractivity (Wildman–Crippen MR) is 86.0 cm³/mol. The van der Waals surface area contributed by atoms with Crippen LogP contribution in [0.15, 0.2) is 18.2 Å². The van der Waals surface area contributed by atoms with Gasteiger partial charge < -0.3 is 19.9 Å². The van der Waals surface area contributed by atoms with Crippen molar-refractivity contribution < 1.29 is 23.8 Å². The fraction of sp³-hybridized carbons (Fsp3) is 0.611. The number of hydrogen-bond acceptors (Lipinski definition) is 4. The quantitative estimate of drug-likeness (QED) is 0.886. The Morgan fingerprint density at radius 1 is 1.42 bits per heavy atom. The lowest BCUT2D eigenvalue weighted by atomic mass is 9.86. The zero-order valence-electron chi connectivity index (χ0n) is 13.9. The molecule has 2 N–H and O–H groups in total. The van der Waals surface area contributed by atoms with E-state index in [2.05, 4.69) is 12.2 Å². The van der Waals surface area contributed by atoms with E-state index in [1.165, 1.54) is 18.2 Å². The summed E-state index contributed by atoms with van der Waals surface area (Å²) < 4.78 is 25.6. The van der Waals surface area contributed by atoms with Gasteiger partial charge in [0.05, 0.1) is 13.0 Å². The molecule has 2 aliphatic rings. The molecule has 1 unspecified atom stereocenters. The van der Waals surface area contributed by atoms with E-state index >= 15 is 0 Å². The van der Waals surface area contributed by atoms with Crippen molar-refractivity contribution in [2.24, 2.45) is 5.92 Å². The van der Waals surface area contributed by atoms with Gasteiger partial charge in [-0.2, -0.15) is 0 Å². The number of phenols is 1.